The van der Waals surface area contributed by atoms with Gasteiger partial charge in [-0.1, -0.05) is 29.1 Å². The van der Waals surface area contributed by atoms with Crippen LogP contribution in [0.25, 0.3) is 0 Å². The van der Waals surface area contributed by atoms with Gasteiger partial charge < -0.3 is 10.4 Å². The van der Waals surface area contributed by atoms with Crippen LogP contribution in [-0.4, -0.2) is 18.3 Å². The van der Waals surface area contributed by atoms with Crippen molar-refractivity contribution < 1.29 is 9.50 Å². The highest BCUT2D eigenvalue weighted by atomic mass is 79.9. The Balaban J connectivity index is 4.01. The first kappa shape index (κ1) is 11.4. The van der Waals surface area contributed by atoms with E-state index in [1.807, 2.05) is 0 Å². The number of hydrogen-bond acceptors (Lipinski definition) is 2. The van der Waals surface area contributed by atoms with Crippen molar-refractivity contribution >= 4 is 15.9 Å². The van der Waals surface area contributed by atoms with Crippen molar-refractivity contribution in [1.29, 1.82) is 0 Å². The molecule has 0 amide bonds. The zero-order valence-corrected chi connectivity index (χ0v) is 8.19. The van der Waals surface area contributed by atoms with Crippen LogP contribution in [0.2, 0.25) is 0 Å². The van der Waals surface area contributed by atoms with Gasteiger partial charge in [-0.3, -0.25) is 0 Å². The van der Waals surface area contributed by atoms with Gasteiger partial charge in [0.15, 0.2) is 0 Å². The summed E-state index contributed by atoms with van der Waals surface area (Å²) in [5.41, 5.74) is 0.143. The summed E-state index contributed by atoms with van der Waals surface area (Å²) in [6.07, 6.45) is 1.20. The minimum Gasteiger partial charge on any atom is -0.395 e. The Bertz CT molecular complexity index is 213. The van der Waals surface area contributed by atoms with E-state index in [4.69, 9.17) is 5.11 Å². The van der Waals surface area contributed by atoms with Gasteiger partial charge in [0.05, 0.1) is 12.3 Å². The van der Waals surface area contributed by atoms with Crippen LogP contribution in [-0.2, 0) is 0 Å². The fourth-order valence-electron chi connectivity index (χ4n) is 0.516. The Morgan fingerprint density at radius 3 is 2.58 bits per heavy atom. The molecular weight excluding hydrogens is 225 g/mol. The lowest BCUT2D eigenvalue weighted by Crippen LogP contribution is -2.17. The number of hydrogen-bond donors (Lipinski definition) is 2. The quantitative estimate of drug-likeness (QED) is 0.714. The van der Waals surface area contributed by atoms with Crippen molar-refractivity contribution in [3.05, 3.63) is 35.2 Å². The Hall–Kier alpha value is -0.610. The van der Waals surface area contributed by atoms with Crippen LogP contribution in [0.15, 0.2) is 35.2 Å². The predicted molar refractivity (Wildman–Crippen MR) is 51.5 cm³/mol. The van der Waals surface area contributed by atoms with Gasteiger partial charge in [-0.2, -0.15) is 0 Å². The molecule has 0 aliphatic carbocycles. The molecule has 0 unspecified atom stereocenters. The molecule has 4 heteroatoms. The topological polar surface area (TPSA) is 32.3 Å². The lowest BCUT2D eigenvalue weighted by molar-refractivity contribution is 0.297. The standard InChI is InChI=1S/C8H11BrFNO/c1-6(9)5-8(10)7(2)11-3-4-12/h5,11-12H,1-4H2/b8-5+. The second kappa shape index (κ2) is 5.97. The molecule has 0 rings (SSSR count). The number of allylic oxidation sites excluding steroid dienone is 3. The van der Waals surface area contributed by atoms with Crippen molar-refractivity contribution in [2.24, 2.45) is 0 Å². The van der Waals surface area contributed by atoms with Crippen molar-refractivity contribution in [2.45, 2.75) is 0 Å². The average Bonchev–Trinajstić information content (AvgIpc) is 1.98. The zero-order valence-electron chi connectivity index (χ0n) is 6.61. The highest BCUT2D eigenvalue weighted by molar-refractivity contribution is 9.11. The minimum absolute atomic E-state index is 0.0540. The second-order valence-electron chi connectivity index (χ2n) is 2.07. The number of aliphatic hydroxyl groups excluding tert-OH is 1. The molecule has 0 aliphatic heterocycles. The summed E-state index contributed by atoms with van der Waals surface area (Å²) in [6.45, 7) is 7.09. The van der Waals surface area contributed by atoms with Crippen molar-refractivity contribution in [3.8, 4) is 0 Å². The molecule has 0 aromatic carbocycles. The molecule has 0 bridgehead atoms. The van der Waals surface area contributed by atoms with E-state index in [0.717, 1.165) is 0 Å². The van der Waals surface area contributed by atoms with Crippen LogP contribution in [0, 0.1) is 0 Å². The normalized spacial score (nSPS) is 11.1. The van der Waals surface area contributed by atoms with Crippen LogP contribution in [0.4, 0.5) is 4.39 Å². The molecule has 68 valence electrons. The van der Waals surface area contributed by atoms with Crippen LogP contribution in [0.5, 0.6) is 0 Å². The van der Waals surface area contributed by atoms with Gasteiger partial charge in [0, 0.05) is 11.0 Å². The highest BCUT2D eigenvalue weighted by Crippen LogP contribution is 2.12. The average molecular weight is 236 g/mol. The molecule has 2 nitrogen and oxygen atoms in total. The zero-order chi connectivity index (χ0) is 9.56. The lowest BCUT2D eigenvalue weighted by Gasteiger charge is -2.04. The highest BCUT2D eigenvalue weighted by Gasteiger charge is 1.99. The fraction of sp³-hybridized carbons (Fsp3) is 0.250. The van der Waals surface area contributed by atoms with Crippen LogP contribution in [0.3, 0.4) is 0 Å². The largest absolute Gasteiger partial charge is 0.395 e. The van der Waals surface area contributed by atoms with E-state index in [1.54, 1.807) is 0 Å². The van der Waals surface area contributed by atoms with E-state index in [2.05, 4.69) is 34.4 Å². The predicted octanol–water partition coefficient (Wildman–Crippen LogP) is 1.84. The van der Waals surface area contributed by atoms with E-state index in [0.29, 0.717) is 4.48 Å². The summed E-state index contributed by atoms with van der Waals surface area (Å²) in [6, 6.07) is 0. The SMILES string of the molecule is C=C(Br)/C=C(/F)C(=C)NCCO. The van der Waals surface area contributed by atoms with E-state index in [-0.39, 0.29) is 18.8 Å². The summed E-state index contributed by atoms with van der Waals surface area (Å²) in [5.74, 6) is -0.495. The van der Waals surface area contributed by atoms with E-state index >= 15 is 0 Å². The number of nitrogens with one attached hydrogen (secondary N) is 1. The molecule has 12 heavy (non-hydrogen) atoms. The third-order valence-electron chi connectivity index (χ3n) is 1.02. The molecule has 0 saturated carbocycles. The molecule has 0 atom stereocenters. The van der Waals surface area contributed by atoms with Crippen LogP contribution < -0.4 is 5.32 Å². The monoisotopic (exact) mass is 235 g/mol. The van der Waals surface area contributed by atoms with Crippen molar-refractivity contribution in [1.82, 2.24) is 5.32 Å². The Morgan fingerprint density at radius 1 is 1.58 bits per heavy atom. The van der Waals surface area contributed by atoms with E-state index in [1.165, 1.54) is 6.08 Å². The van der Waals surface area contributed by atoms with E-state index < -0.39 is 5.83 Å². The number of rotatable bonds is 5. The summed E-state index contributed by atoms with van der Waals surface area (Å²) in [7, 11) is 0. The summed E-state index contributed by atoms with van der Waals surface area (Å²) < 4.78 is 13.3. The molecule has 2 N–H and O–H groups in total. The smallest absolute Gasteiger partial charge is 0.146 e. The van der Waals surface area contributed by atoms with Gasteiger partial charge in [-0.15, -0.1) is 0 Å². The van der Waals surface area contributed by atoms with Crippen LogP contribution >= 0.6 is 15.9 Å². The fourth-order valence-corrected chi connectivity index (χ4v) is 0.717. The van der Waals surface area contributed by atoms with Crippen molar-refractivity contribution in [3.63, 3.8) is 0 Å². The Morgan fingerprint density at radius 2 is 2.17 bits per heavy atom. The summed E-state index contributed by atoms with van der Waals surface area (Å²) in [5, 5.41) is 11.0. The second-order valence-corrected chi connectivity index (χ2v) is 3.09. The molecule has 0 saturated heterocycles. The number of halogens is 2. The van der Waals surface area contributed by atoms with Gasteiger partial charge in [0.1, 0.15) is 5.83 Å². The molecule has 0 aliphatic rings. The molecule has 0 heterocycles. The Labute approximate surface area is 79.6 Å². The maximum Gasteiger partial charge on any atom is 0.146 e. The lowest BCUT2D eigenvalue weighted by atomic mass is 10.3. The van der Waals surface area contributed by atoms with Gasteiger partial charge in [0.25, 0.3) is 0 Å². The summed E-state index contributed by atoms with van der Waals surface area (Å²) in [4.78, 5) is 0. The van der Waals surface area contributed by atoms with Crippen LogP contribution in [0.1, 0.15) is 0 Å². The molecule has 0 aromatic heterocycles. The first-order chi connectivity index (χ1) is 5.57. The molecule has 0 aromatic rings. The maximum absolute atomic E-state index is 12.9. The molecular formula is C8H11BrFNO. The third-order valence-corrected chi connectivity index (χ3v) is 1.25. The van der Waals surface area contributed by atoms with Gasteiger partial charge in [-0.25, -0.2) is 4.39 Å². The first-order valence-electron chi connectivity index (χ1n) is 3.33. The first-order valence-corrected chi connectivity index (χ1v) is 4.13. The van der Waals surface area contributed by atoms with Crippen molar-refractivity contribution in [2.75, 3.05) is 13.2 Å². The molecule has 0 radical (unpaired) electrons. The maximum atomic E-state index is 12.9. The number of aliphatic hydroxyl groups is 1. The van der Waals surface area contributed by atoms with Gasteiger partial charge in [-0.05, 0) is 6.08 Å². The molecule has 0 fully saturated rings. The Kier molecular flexibility index (Phi) is 5.66. The van der Waals surface area contributed by atoms with Gasteiger partial charge in [0.2, 0.25) is 0 Å². The minimum atomic E-state index is -0.495. The summed E-state index contributed by atoms with van der Waals surface area (Å²) >= 11 is 2.98. The van der Waals surface area contributed by atoms with E-state index in [9.17, 15) is 4.39 Å². The van der Waals surface area contributed by atoms with Gasteiger partial charge >= 0.3 is 0 Å². The third kappa shape index (κ3) is 5.09. The molecule has 0 spiro atoms.